The van der Waals surface area contributed by atoms with E-state index in [0.29, 0.717) is 17.7 Å². The molecule has 0 unspecified atom stereocenters. The van der Waals surface area contributed by atoms with E-state index in [1.807, 2.05) is 0 Å². The number of benzene rings is 1. The molecule has 1 fully saturated rings. The fourth-order valence-electron chi connectivity index (χ4n) is 3.12. The Hall–Kier alpha value is -0.460. The van der Waals surface area contributed by atoms with Crippen molar-refractivity contribution in [2.75, 3.05) is 11.9 Å². The molecule has 118 valence electrons. The second kappa shape index (κ2) is 6.34. The Morgan fingerprint density at radius 1 is 1.24 bits per heavy atom. The first-order valence-electron chi connectivity index (χ1n) is 7.12. The molecule has 2 rings (SSSR count). The third-order valence-electron chi connectivity index (χ3n) is 4.28. The van der Waals surface area contributed by atoms with Crippen LogP contribution in [0.4, 0.5) is 4.39 Å². The summed E-state index contributed by atoms with van der Waals surface area (Å²) in [6.45, 7) is 3.68. The number of hydrogen-bond acceptors (Lipinski definition) is 2. The van der Waals surface area contributed by atoms with E-state index < -0.39 is 15.8 Å². The van der Waals surface area contributed by atoms with Gasteiger partial charge in [-0.25, -0.2) is 17.5 Å². The van der Waals surface area contributed by atoms with E-state index in [2.05, 4.69) is 20.7 Å². The predicted molar refractivity (Wildman–Crippen MR) is 85.8 cm³/mol. The first-order chi connectivity index (χ1) is 9.80. The van der Waals surface area contributed by atoms with Gasteiger partial charge in [-0.1, -0.05) is 28.8 Å². The van der Waals surface area contributed by atoms with E-state index in [-0.39, 0.29) is 10.3 Å². The standard InChI is InChI=1S/C15H21BrFNO2S/c1-11-7-13(17)8-12(2)14(11)21(19,20)18-10-15(9-16)5-3-4-6-15/h7-8,18H,3-6,9-10H2,1-2H3. The van der Waals surface area contributed by atoms with E-state index in [1.54, 1.807) is 13.8 Å². The molecule has 0 atom stereocenters. The van der Waals surface area contributed by atoms with Crippen LogP contribution in [-0.2, 0) is 10.0 Å². The summed E-state index contributed by atoms with van der Waals surface area (Å²) in [6.07, 6.45) is 4.34. The van der Waals surface area contributed by atoms with Gasteiger partial charge in [-0.15, -0.1) is 0 Å². The summed E-state index contributed by atoms with van der Waals surface area (Å²) in [5.74, 6) is -0.406. The Bertz CT molecular complexity index is 602. The zero-order chi connectivity index (χ0) is 15.7. The van der Waals surface area contributed by atoms with Crippen LogP contribution >= 0.6 is 15.9 Å². The van der Waals surface area contributed by atoms with Gasteiger partial charge in [0, 0.05) is 11.9 Å². The van der Waals surface area contributed by atoms with Crippen LogP contribution in [0.2, 0.25) is 0 Å². The van der Waals surface area contributed by atoms with Gasteiger partial charge >= 0.3 is 0 Å². The maximum atomic E-state index is 13.3. The van der Waals surface area contributed by atoms with Gasteiger partial charge in [-0.05, 0) is 55.4 Å². The van der Waals surface area contributed by atoms with E-state index in [0.717, 1.165) is 31.0 Å². The lowest BCUT2D eigenvalue weighted by Gasteiger charge is -2.27. The Labute approximate surface area is 134 Å². The van der Waals surface area contributed by atoms with E-state index in [4.69, 9.17) is 0 Å². The minimum absolute atomic E-state index is 0.00884. The number of nitrogens with one attached hydrogen (secondary N) is 1. The Morgan fingerprint density at radius 2 is 1.76 bits per heavy atom. The molecule has 0 saturated heterocycles. The molecule has 21 heavy (non-hydrogen) atoms. The van der Waals surface area contributed by atoms with E-state index >= 15 is 0 Å². The summed E-state index contributed by atoms with van der Waals surface area (Å²) in [4.78, 5) is 0.201. The van der Waals surface area contributed by atoms with Gasteiger partial charge in [0.15, 0.2) is 0 Å². The minimum atomic E-state index is -3.61. The van der Waals surface area contributed by atoms with Crippen molar-refractivity contribution in [3.63, 3.8) is 0 Å². The van der Waals surface area contributed by atoms with Crippen LogP contribution in [0.1, 0.15) is 36.8 Å². The zero-order valence-corrected chi connectivity index (χ0v) is 14.8. The van der Waals surface area contributed by atoms with E-state index in [9.17, 15) is 12.8 Å². The number of hydrogen-bond donors (Lipinski definition) is 1. The van der Waals surface area contributed by atoms with Gasteiger partial charge in [0.05, 0.1) is 4.90 Å². The van der Waals surface area contributed by atoms with Gasteiger partial charge < -0.3 is 0 Å². The van der Waals surface area contributed by atoms with Crippen LogP contribution in [0, 0.1) is 25.1 Å². The lowest BCUT2D eigenvalue weighted by molar-refractivity contribution is 0.347. The van der Waals surface area contributed by atoms with Gasteiger partial charge in [-0.2, -0.15) is 0 Å². The Morgan fingerprint density at radius 3 is 2.24 bits per heavy atom. The lowest BCUT2D eigenvalue weighted by atomic mass is 9.89. The van der Waals surface area contributed by atoms with Crippen molar-refractivity contribution < 1.29 is 12.8 Å². The molecule has 1 aromatic rings. The van der Waals surface area contributed by atoms with Crippen LogP contribution in [0.15, 0.2) is 17.0 Å². The van der Waals surface area contributed by atoms with Crippen LogP contribution < -0.4 is 4.72 Å². The fraction of sp³-hybridized carbons (Fsp3) is 0.600. The average molecular weight is 378 g/mol. The van der Waals surface area contributed by atoms with Gasteiger partial charge in [-0.3, -0.25) is 0 Å². The molecule has 0 radical (unpaired) electrons. The lowest BCUT2D eigenvalue weighted by Crippen LogP contribution is -2.37. The molecule has 1 aliphatic rings. The normalized spacial score (nSPS) is 18.1. The largest absolute Gasteiger partial charge is 0.241 e. The number of alkyl halides is 1. The highest BCUT2D eigenvalue weighted by molar-refractivity contribution is 9.09. The first-order valence-corrected chi connectivity index (χ1v) is 9.72. The molecule has 0 aliphatic heterocycles. The third-order valence-corrected chi connectivity index (χ3v) is 7.17. The maximum Gasteiger partial charge on any atom is 0.241 e. The van der Waals surface area contributed by atoms with Crippen LogP contribution in [0.3, 0.4) is 0 Å². The van der Waals surface area contributed by atoms with Crippen molar-refractivity contribution in [2.45, 2.75) is 44.4 Å². The van der Waals surface area contributed by atoms with Crippen molar-refractivity contribution in [3.8, 4) is 0 Å². The number of halogens is 2. The van der Waals surface area contributed by atoms with Crippen molar-refractivity contribution >= 4 is 26.0 Å². The zero-order valence-electron chi connectivity index (χ0n) is 12.4. The minimum Gasteiger partial charge on any atom is -0.211 e. The van der Waals surface area contributed by atoms with Gasteiger partial charge in [0.1, 0.15) is 5.82 Å². The molecule has 0 spiro atoms. The number of aryl methyl sites for hydroxylation is 2. The first kappa shape index (κ1) is 16.9. The van der Waals surface area contributed by atoms with Crippen LogP contribution in [0.5, 0.6) is 0 Å². The number of sulfonamides is 1. The Kier molecular flexibility index (Phi) is 5.11. The second-order valence-corrected chi connectivity index (χ2v) is 8.30. The molecule has 1 saturated carbocycles. The van der Waals surface area contributed by atoms with Crippen molar-refractivity contribution in [1.82, 2.24) is 4.72 Å². The molecular weight excluding hydrogens is 357 g/mol. The summed E-state index contributed by atoms with van der Waals surface area (Å²) in [7, 11) is -3.61. The smallest absolute Gasteiger partial charge is 0.211 e. The molecule has 1 aliphatic carbocycles. The highest BCUT2D eigenvalue weighted by Crippen LogP contribution is 2.39. The van der Waals surface area contributed by atoms with Gasteiger partial charge in [0.25, 0.3) is 0 Å². The van der Waals surface area contributed by atoms with Crippen LogP contribution in [0.25, 0.3) is 0 Å². The van der Waals surface area contributed by atoms with Crippen molar-refractivity contribution in [2.24, 2.45) is 5.41 Å². The average Bonchev–Trinajstić information content (AvgIpc) is 2.84. The van der Waals surface area contributed by atoms with Crippen molar-refractivity contribution in [3.05, 3.63) is 29.1 Å². The molecule has 1 N–H and O–H groups in total. The summed E-state index contributed by atoms with van der Waals surface area (Å²) in [6, 6.07) is 2.52. The summed E-state index contributed by atoms with van der Waals surface area (Å²) in [5, 5.41) is 0.796. The van der Waals surface area contributed by atoms with E-state index in [1.165, 1.54) is 12.1 Å². The molecule has 0 amide bonds. The van der Waals surface area contributed by atoms with Gasteiger partial charge in [0.2, 0.25) is 10.0 Å². The van der Waals surface area contributed by atoms with Crippen molar-refractivity contribution in [1.29, 1.82) is 0 Å². The topological polar surface area (TPSA) is 46.2 Å². The Balaban J connectivity index is 2.23. The summed E-state index contributed by atoms with van der Waals surface area (Å²) in [5.41, 5.74) is 0.896. The fourth-order valence-corrected chi connectivity index (χ4v) is 5.49. The molecule has 3 nitrogen and oxygen atoms in total. The highest BCUT2D eigenvalue weighted by Gasteiger charge is 2.34. The SMILES string of the molecule is Cc1cc(F)cc(C)c1S(=O)(=O)NCC1(CBr)CCCC1. The predicted octanol–water partition coefficient (Wildman–Crippen LogP) is 3.68. The molecule has 0 aromatic heterocycles. The maximum absolute atomic E-state index is 13.3. The second-order valence-electron chi connectivity index (χ2n) is 6.03. The number of rotatable bonds is 5. The molecular formula is C15H21BrFNO2S. The molecule has 0 heterocycles. The summed E-state index contributed by atoms with van der Waals surface area (Å²) >= 11 is 3.51. The molecule has 0 bridgehead atoms. The highest BCUT2D eigenvalue weighted by atomic mass is 79.9. The quantitative estimate of drug-likeness (QED) is 0.795. The molecule has 6 heteroatoms. The summed E-state index contributed by atoms with van der Waals surface area (Å²) < 4.78 is 41.2. The van der Waals surface area contributed by atoms with Crippen LogP contribution in [-0.4, -0.2) is 20.3 Å². The third kappa shape index (κ3) is 3.66. The molecule has 1 aromatic carbocycles. The monoisotopic (exact) mass is 377 g/mol.